The standard InChI is InChI=1S/C19H26N4O3S/c20-18-22-15(12-27-18)5-3-8-21-19(26)23-9-7-13(10-17(24)25)16-6-2-1-4-14(16)11-23/h1-2,4,6,13,15H,3,5,7-12H2,(H2,20,22)(H,21,26)(H,24,25). The molecule has 3 rings (SSSR count). The maximum atomic E-state index is 12.6. The number of carboxylic acids is 1. The molecule has 0 aliphatic carbocycles. The van der Waals surface area contributed by atoms with Gasteiger partial charge in [-0.1, -0.05) is 36.0 Å². The van der Waals surface area contributed by atoms with Crippen molar-refractivity contribution in [2.24, 2.45) is 10.7 Å². The second-order valence-corrected chi connectivity index (χ2v) is 8.05. The number of carbonyl (C=O) groups is 2. The third kappa shape index (κ3) is 5.38. The summed E-state index contributed by atoms with van der Waals surface area (Å²) in [6, 6.07) is 7.99. The van der Waals surface area contributed by atoms with Gasteiger partial charge >= 0.3 is 12.0 Å². The molecule has 2 unspecified atom stereocenters. The first-order valence-electron chi connectivity index (χ1n) is 9.31. The van der Waals surface area contributed by atoms with Gasteiger partial charge in [0.2, 0.25) is 0 Å². The minimum atomic E-state index is -0.805. The van der Waals surface area contributed by atoms with Gasteiger partial charge in [0.05, 0.1) is 12.5 Å². The fraction of sp³-hybridized carbons (Fsp3) is 0.526. The molecule has 2 amide bonds. The Kier molecular flexibility index (Phi) is 6.60. The zero-order valence-corrected chi connectivity index (χ0v) is 16.1. The van der Waals surface area contributed by atoms with E-state index < -0.39 is 5.97 Å². The predicted molar refractivity (Wildman–Crippen MR) is 107 cm³/mol. The van der Waals surface area contributed by atoms with Gasteiger partial charge in [0, 0.05) is 25.4 Å². The van der Waals surface area contributed by atoms with E-state index in [1.807, 2.05) is 24.3 Å². The summed E-state index contributed by atoms with van der Waals surface area (Å²) in [6.45, 7) is 1.67. The van der Waals surface area contributed by atoms with Crippen LogP contribution in [0.4, 0.5) is 4.79 Å². The molecule has 0 saturated heterocycles. The van der Waals surface area contributed by atoms with E-state index in [0.29, 0.717) is 31.2 Å². The van der Waals surface area contributed by atoms with Gasteiger partial charge < -0.3 is 21.1 Å². The minimum Gasteiger partial charge on any atom is -0.481 e. The molecule has 0 aromatic heterocycles. The summed E-state index contributed by atoms with van der Waals surface area (Å²) in [5, 5.41) is 12.8. The zero-order chi connectivity index (χ0) is 19.2. The third-order valence-electron chi connectivity index (χ3n) is 5.04. The van der Waals surface area contributed by atoms with Crippen LogP contribution in [0, 0.1) is 0 Å². The molecule has 2 aliphatic rings. The molecule has 7 nitrogen and oxygen atoms in total. The molecule has 1 aromatic carbocycles. The summed E-state index contributed by atoms with van der Waals surface area (Å²) in [7, 11) is 0. The second-order valence-electron chi connectivity index (χ2n) is 7.01. The number of thioether (sulfide) groups is 1. The number of hydrogen-bond acceptors (Lipinski definition) is 5. The van der Waals surface area contributed by atoms with E-state index in [1.54, 1.807) is 16.7 Å². The lowest BCUT2D eigenvalue weighted by Crippen LogP contribution is -2.40. The first-order valence-corrected chi connectivity index (χ1v) is 10.3. The van der Waals surface area contributed by atoms with Crippen LogP contribution < -0.4 is 11.1 Å². The fourth-order valence-electron chi connectivity index (χ4n) is 3.65. The maximum absolute atomic E-state index is 12.6. The molecule has 2 heterocycles. The maximum Gasteiger partial charge on any atom is 0.317 e. The first kappa shape index (κ1) is 19.5. The van der Waals surface area contributed by atoms with Crippen molar-refractivity contribution in [2.75, 3.05) is 18.8 Å². The van der Waals surface area contributed by atoms with E-state index in [-0.39, 0.29) is 24.4 Å². The van der Waals surface area contributed by atoms with Crippen LogP contribution in [0.25, 0.3) is 0 Å². The molecule has 2 aliphatic heterocycles. The SMILES string of the molecule is NC1=NC(CCCNC(=O)N2CCC(CC(=O)O)c3ccccc3C2)CS1. The van der Waals surface area contributed by atoms with Crippen molar-refractivity contribution in [3.8, 4) is 0 Å². The van der Waals surface area contributed by atoms with Crippen molar-refractivity contribution >= 4 is 28.9 Å². The Hall–Kier alpha value is -2.22. The molecule has 2 atom stereocenters. The van der Waals surface area contributed by atoms with E-state index >= 15 is 0 Å². The highest BCUT2D eigenvalue weighted by Crippen LogP contribution is 2.31. The summed E-state index contributed by atoms with van der Waals surface area (Å²) in [4.78, 5) is 29.9. The van der Waals surface area contributed by atoms with Gasteiger partial charge in [0.15, 0.2) is 5.17 Å². The van der Waals surface area contributed by atoms with E-state index in [4.69, 9.17) is 5.73 Å². The largest absolute Gasteiger partial charge is 0.481 e. The number of carbonyl (C=O) groups excluding carboxylic acids is 1. The molecule has 1 aromatic rings. The van der Waals surface area contributed by atoms with Crippen LogP contribution in [0.3, 0.4) is 0 Å². The number of carboxylic acid groups (broad SMARTS) is 1. The number of aliphatic imine (C=N–C) groups is 1. The number of urea groups is 1. The Labute approximate surface area is 163 Å². The highest BCUT2D eigenvalue weighted by molar-refractivity contribution is 8.14. The zero-order valence-electron chi connectivity index (χ0n) is 15.3. The lowest BCUT2D eigenvalue weighted by molar-refractivity contribution is -0.137. The molecule has 0 saturated carbocycles. The van der Waals surface area contributed by atoms with Crippen LogP contribution in [0.1, 0.15) is 42.7 Å². The molecule has 0 fully saturated rings. The summed E-state index contributed by atoms with van der Waals surface area (Å²) in [5.41, 5.74) is 7.75. The number of hydrogen-bond donors (Lipinski definition) is 3. The van der Waals surface area contributed by atoms with Gasteiger partial charge in [-0.2, -0.15) is 0 Å². The fourth-order valence-corrected chi connectivity index (χ4v) is 4.48. The van der Waals surface area contributed by atoms with Gasteiger partial charge in [-0.05, 0) is 36.3 Å². The lowest BCUT2D eigenvalue weighted by atomic mass is 9.90. The predicted octanol–water partition coefficient (Wildman–Crippen LogP) is 2.37. The van der Waals surface area contributed by atoms with Gasteiger partial charge in [-0.25, -0.2) is 4.79 Å². The van der Waals surface area contributed by atoms with Crippen LogP contribution in [-0.2, 0) is 11.3 Å². The number of amides is 2. The van der Waals surface area contributed by atoms with Crippen molar-refractivity contribution < 1.29 is 14.7 Å². The van der Waals surface area contributed by atoms with Crippen LogP contribution in [0.15, 0.2) is 29.3 Å². The second kappa shape index (κ2) is 9.12. The van der Waals surface area contributed by atoms with Crippen LogP contribution >= 0.6 is 11.8 Å². The molecule has 146 valence electrons. The number of fused-ring (bicyclic) bond motifs is 1. The van der Waals surface area contributed by atoms with E-state index in [9.17, 15) is 14.7 Å². The quantitative estimate of drug-likeness (QED) is 0.646. The number of nitrogens with two attached hydrogens (primary N) is 1. The number of rotatable bonds is 6. The smallest absolute Gasteiger partial charge is 0.317 e. The van der Waals surface area contributed by atoms with Crippen LogP contribution in [0.2, 0.25) is 0 Å². The number of nitrogens with one attached hydrogen (secondary N) is 1. The molecule has 4 N–H and O–H groups in total. The summed E-state index contributed by atoms with van der Waals surface area (Å²) in [5.74, 6) is 0.0639. The lowest BCUT2D eigenvalue weighted by Gasteiger charge is -2.21. The molecule has 8 heteroatoms. The average Bonchev–Trinajstić information content (AvgIpc) is 2.97. The Bertz CT molecular complexity index is 725. The normalized spacial score (nSPS) is 21.9. The molecule has 27 heavy (non-hydrogen) atoms. The third-order valence-corrected chi connectivity index (χ3v) is 5.99. The Balaban J connectivity index is 1.53. The Morgan fingerprint density at radius 2 is 2.19 bits per heavy atom. The monoisotopic (exact) mass is 390 g/mol. The highest BCUT2D eigenvalue weighted by atomic mass is 32.2. The van der Waals surface area contributed by atoms with Crippen molar-refractivity contribution in [1.82, 2.24) is 10.2 Å². The van der Waals surface area contributed by atoms with Gasteiger partial charge in [0.1, 0.15) is 0 Å². The Morgan fingerprint density at radius 3 is 2.93 bits per heavy atom. The number of aliphatic carboxylic acids is 1. The van der Waals surface area contributed by atoms with Crippen molar-refractivity contribution in [3.05, 3.63) is 35.4 Å². The van der Waals surface area contributed by atoms with Gasteiger partial charge in [0.25, 0.3) is 0 Å². The molecule has 0 spiro atoms. The van der Waals surface area contributed by atoms with Crippen molar-refractivity contribution in [1.29, 1.82) is 0 Å². The first-order chi connectivity index (χ1) is 13.0. The molecule has 0 radical (unpaired) electrons. The number of amidine groups is 1. The van der Waals surface area contributed by atoms with Gasteiger partial charge in [-0.3, -0.25) is 9.79 Å². The van der Waals surface area contributed by atoms with Crippen molar-refractivity contribution in [2.45, 2.75) is 44.2 Å². The van der Waals surface area contributed by atoms with E-state index in [1.165, 1.54) is 0 Å². The van der Waals surface area contributed by atoms with E-state index in [2.05, 4.69) is 10.3 Å². The molecular formula is C19H26N4O3S. The van der Waals surface area contributed by atoms with Crippen molar-refractivity contribution in [3.63, 3.8) is 0 Å². The highest BCUT2D eigenvalue weighted by Gasteiger charge is 2.26. The number of benzene rings is 1. The van der Waals surface area contributed by atoms with Crippen LogP contribution in [0.5, 0.6) is 0 Å². The topological polar surface area (TPSA) is 108 Å². The molecule has 0 bridgehead atoms. The average molecular weight is 391 g/mol. The van der Waals surface area contributed by atoms with Crippen LogP contribution in [-0.4, -0.2) is 52.1 Å². The summed E-state index contributed by atoms with van der Waals surface area (Å²) < 4.78 is 0. The Morgan fingerprint density at radius 1 is 1.37 bits per heavy atom. The molecular weight excluding hydrogens is 364 g/mol. The minimum absolute atomic E-state index is 0.0558. The van der Waals surface area contributed by atoms with E-state index in [0.717, 1.165) is 29.7 Å². The number of nitrogens with zero attached hydrogens (tertiary/aromatic N) is 2. The summed E-state index contributed by atoms with van der Waals surface area (Å²) >= 11 is 1.58. The van der Waals surface area contributed by atoms with Gasteiger partial charge in [-0.15, -0.1) is 0 Å². The summed E-state index contributed by atoms with van der Waals surface area (Å²) in [6.07, 6.45) is 2.52.